The second-order valence-corrected chi connectivity index (χ2v) is 5.46. The van der Waals surface area contributed by atoms with Crippen LogP contribution in [0.1, 0.15) is 10.4 Å². The summed E-state index contributed by atoms with van der Waals surface area (Å²) in [5, 5.41) is 7.12. The highest BCUT2D eigenvalue weighted by atomic mass is 32.2. The first-order valence-corrected chi connectivity index (χ1v) is 8.29. The number of amides is 1. The predicted molar refractivity (Wildman–Crippen MR) is 95.1 cm³/mol. The Hall–Kier alpha value is -2.73. The SMILES string of the molecule is CSNc1cccc(NC(=O)c2cnn(-c3ccccc3)c2)c1. The Labute approximate surface area is 138 Å². The van der Waals surface area contributed by atoms with Gasteiger partial charge in [-0.15, -0.1) is 0 Å². The van der Waals surface area contributed by atoms with Crippen LogP contribution in [-0.4, -0.2) is 21.9 Å². The van der Waals surface area contributed by atoms with Gasteiger partial charge in [-0.2, -0.15) is 5.10 Å². The maximum absolute atomic E-state index is 12.3. The van der Waals surface area contributed by atoms with Crippen LogP contribution in [0.4, 0.5) is 11.4 Å². The number of aromatic nitrogens is 2. The van der Waals surface area contributed by atoms with E-state index in [0.29, 0.717) is 5.56 Å². The van der Waals surface area contributed by atoms with E-state index in [9.17, 15) is 4.79 Å². The highest BCUT2D eigenvalue weighted by Crippen LogP contribution is 2.18. The van der Waals surface area contributed by atoms with Crippen molar-refractivity contribution in [1.29, 1.82) is 0 Å². The van der Waals surface area contributed by atoms with Gasteiger partial charge in [0.1, 0.15) is 0 Å². The van der Waals surface area contributed by atoms with Crippen LogP contribution in [0.5, 0.6) is 0 Å². The van der Waals surface area contributed by atoms with E-state index in [1.165, 1.54) is 11.9 Å². The summed E-state index contributed by atoms with van der Waals surface area (Å²) in [5.41, 5.74) is 3.10. The third-order valence-electron chi connectivity index (χ3n) is 3.21. The van der Waals surface area contributed by atoms with Crippen molar-refractivity contribution in [2.75, 3.05) is 16.3 Å². The summed E-state index contributed by atoms with van der Waals surface area (Å²) in [6, 6.07) is 17.2. The van der Waals surface area contributed by atoms with Crippen LogP contribution in [0.25, 0.3) is 5.69 Å². The van der Waals surface area contributed by atoms with E-state index in [2.05, 4.69) is 15.1 Å². The Morgan fingerprint density at radius 2 is 1.87 bits per heavy atom. The molecule has 0 aliphatic carbocycles. The Morgan fingerprint density at radius 1 is 1.09 bits per heavy atom. The minimum Gasteiger partial charge on any atom is -0.330 e. The summed E-state index contributed by atoms with van der Waals surface area (Å²) in [6.07, 6.45) is 5.23. The smallest absolute Gasteiger partial charge is 0.258 e. The Morgan fingerprint density at radius 3 is 2.65 bits per heavy atom. The molecular formula is C17H16N4OS. The first-order chi connectivity index (χ1) is 11.3. The zero-order valence-electron chi connectivity index (χ0n) is 12.6. The number of nitrogens with one attached hydrogen (secondary N) is 2. The van der Waals surface area contributed by atoms with Gasteiger partial charge in [-0.3, -0.25) is 4.79 Å². The fourth-order valence-corrected chi connectivity index (χ4v) is 2.51. The minimum absolute atomic E-state index is 0.187. The molecule has 2 N–H and O–H groups in total. The van der Waals surface area contributed by atoms with E-state index < -0.39 is 0 Å². The molecule has 0 radical (unpaired) electrons. The topological polar surface area (TPSA) is 58.9 Å². The highest BCUT2D eigenvalue weighted by Gasteiger charge is 2.10. The minimum atomic E-state index is -0.187. The maximum atomic E-state index is 12.3. The molecular weight excluding hydrogens is 308 g/mol. The van der Waals surface area contributed by atoms with Gasteiger partial charge in [0.25, 0.3) is 5.91 Å². The van der Waals surface area contributed by atoms with Crippen LogP contribution in [0.2, 0.25) is 0 Å². The number of hydrogen-bond acceptors (Lipinski definition) is 4. The number of benzene rings is 2. The number of hydrogen-bond donors (Lipinski definition) is 2. The van der Waals surface area contributed by atoms with Gasteiger partial charge in [0.05, 0.1) is 17.4 Å². The molecule has 5 nitrogen and oxygen atoms in total. The zero-order valence-corrected chi connectivity index (χ0v) is 13.4. The first-order valence-electron chi connectivity index (χ1n) is 7.07. The molecule has 0 spiro atoms. The summed E-state index contributed by atoms with van der Waals surface area (Å²) in [6.45, 7) is 0. The lowest BCUT2D eigenvalue weighted by Gasteiger charge is -2.06. The van der Waals surface area contributed by atoms with Crippen molar-refractivity contribution >= 4 is 29.2 Å². The number of para-hydroxylation sites is 1. The molecule has 0 bridgehead atoms. The van der Waals surface area contributed by atoms with Crippen molar-refractivity contribution in [3.63, 3.8) is 0 Å². The van der Waals surface area contributed by atoms with Crippen molar-refractivity contribution in [3.8, 4) is 5.69 Å². The van der Waals surface area contributed by atoms with Crippen molar-refractivity contribution in [1.82, 2.24) is 9.78 Å². The van der Waals surface area contributed by atoms with E-state index in [-0.39, 0.29) is 5.91 Å². The van der Waals surface area contributed by atoms with Gasteiger partial charge < -0.3 is 10.0 Å². The van der Waals surface area contributed by atoms with E-state index in [1.807, 2.05) is 60.9 Å². The molecule has 6 heteroatoms. The Balaban J connectivity index is 1.74. The van der Waals surface area contributed by atoms with E-state index >= 15 is 0 Å². The molecule has 3 rings (SSSR count). The standard InChI is InChI=1S/C17H16N4OS/c1-23-20-15-7-5-6-14(10-15)19-17(22)13-11-18-21(12-13)16-8-3-2-4-9-16/h2-12,20H,1H3,(H,19,22). The largest absolute Gasteiger partial charge is 0.330 e. The number of nitrogens with zero attached hydrogens (tertiary/aromatic N) is 2. The lowest BCUT2D eigenvalue weighted by molar-refractivity contribution is 0.102. The zero-order chi connectivity index (χ0) is 16.1. The third-order valence-corrected chi connectivity index (χ3v) is 3.65. The first kappa shape index (κ1) is 15.2. The molecule has 0 aliphatic rings. The van der Waals surface area contributed by atoms with Crippen LogP contribution in [-0.2, 0) is 0 Å². The Kier molecular flexibility index (Phi) is 4.63. The molecule has 0 saturated heterocycles. The van der Waals surface area contributed by atoms with Crippen LogP contribution in [0, 0.1) is 0 Å². The Bertz CT molecular complexity index is 801. The fraction of sp³-hybridized carbons (Fsp3) is 0.0588. The molecule has 0 fully saturated rings. The summed E-state index contributed by atoms with van der Waals surface area (Å²) in [4.78, 5) is 12.3. The molecule has 23 heavy (non-hydrogen) atoms. The van der Waals surface area contributed by atoms with Gasteiger partial charge in [-0.25, -0.2) is 4.68 Å². The van der Waals surface area contributed by atoms with Crippen LogP contribution < -0.4 is 10.0 Å². The molecule has 0 unspecified atom stereocenters. The molecule has 1 heterocycles. The molecule has 3 aromatic rings. The second kappa shape index (κ2) is 7.02. The molecule has 2 aromatic carbocycles. The van der Waals surface area contributed by atoms with Crippen molar-refractivity contribution < 1.29 is 4.79 Å². The van der Waals surface area contributed by atoms with Crippen molar-refractivity contribution in [2.45, 2.75) is 0 Å². The average Bonchev–Trinajstić information content (AvgIpc) is 3.06. The molecule has 116 valence electrons. The summed E-state index contributed by atoms with van der Waals surface area (Å²) >= 11 is 1.50. The van der Waals surface area contributed by atoms with E-state index in [0.717, 1.165) is 17.1 Å². The normalized spacial score (nSPS) is 10.3. The number of carbonyl (C=O) groups excluding carboxylic acids is 1. The predicted octanol–water partition coefficient (Wildman–Crippen LogP) is 3.81. The van der Waals surface area contributed by atoms with E-state index in [1.54, 1.807) is 17.1 Å². The van der Waals surface area contributed by atoms with Gasteiger partial charge >= 0.3 is 0 Å². The van der Waals surface area contributed by atoms with Crippen molar-refractivity contribution in [2.24, 2.45) is 0 Å². The maximum Gasteiger partial charge on any atom is 0.258 e. The van der Waals surface area contributed by atoms with Gasteiger partial charge in [-0.05, 0) is 30.3 Å². The third kappa shape index (κ3) is 3.73. The van der Waals surface area contributed by atoms with Crippen LogP contribution >= 0.6 is 11.9 Å². The van der Waals surface area contributed by atoms with Gasteiger partial charge in [0, 0.05) is 23.8 Å². The lowest BCUT2D eigenvalue weighted by atomic mass is 10.2. The fourth-order valence-electron chi connectivity index (χ4n) is 2.14. The summed E-state index contributed by atoms with van der Waals surface area (Å²) in [5.74, 6) is -0.187. The average molecular weight is 324 g/mol. The summed E-state index contributed by atoms with van der Waals surface area (Å²) in [7, 11) is 0. The molecule has 0 aliphatic heterocycles. The van der Waals surface area contributed by atoms with Gasteiger partial charge in [-0.1, -0.05) is 36.2 Å². The number of carbonyl (C=O) groups is 1. The summed E-state index contributed by atoms with van der Waals surface area (Å²) < 4.78 is 4.82. The highest BCUT2D eigenvalue weighted by molar-refractivity contribution is 7.99. The molecule has 1 amide bonds. The number of anilines is 2. The lowest BCUT2D eigenvalue weighted by Crippen LogP contribution is -2.11. The quantitative estimate of drug-likeness (QED) is 0.701. The molecule has 0 saturated carbocycles. The van der Waals surface area contributed by atoms with Crippen molar-refractivity contribution in [3.05, 3.63) is 72.6 Å². The molecule has 0 atom stereocenters. The molecule has 1 aromatic heterocycles. The van der Waals surface area contributed by atoms with Crippen LogP contribution in [0.3, 0.4) is 0 Å². The van der Waals surface area contributed by atoms with Crippen LogP contribution in [0.15, 0.2) is 67.0 Å². The number of rotatable bonds is 5. The monoisotopic (exact) mass is 324 g/mol. The van der Waals surface area contributed by atoms with Gasteiger partial charge in [0.15, 0.2) is 0 Å². The second-order valence-electron chi connectivity index (χ2n) is 4.85. The van der Waals surface area contributed by atoms with E-state index in [4.69, 9.17) is 0 Å². The van der Waals surface area contributed by atoms with Gasteiger partial charge in [0.2, 0.25) is 0 Å².